The summed E-state index contributed by atoms with van der Waals surface area (Å²) in [6, 6.07) is 24.4. The monoisotopic (exact) mass is 423 g/mol. The number of para-hydroxylation sites is 2. The largest absolute Gasteiger partial charge is 0.340 e. The van der Waals surface area contributed by atoms with E-state index in [1.54, 1.807) is 36.2 Å². The third-order valence-electron chi connectivity index (χ3n) is 5.42. The quantitative estimate of drug-likeness (QED) is 0.468. The minimum Gasteiger partial charge on any atom is -0.340 e. The van der Waals surface area contributed by atoms with Crippen LogP contribution in [0.5, 0.6) is 0 Å². The molecule has 0 unspecified atom stereocenters. The van der Waals surface area contributed by atoms with E-state index in [0.29, 0.717) is 23.1 Å². The molecule has 2 heterocycles. The number of carbonyl (C=O) groups is 1. The zero-order valence-electron chi connectivity index (χ0n) is 17.5. The van der Waals surface area contributed by atoms with Crippen LogP contribution in [0, 0.1) is 0 Å². The SMILES string of the molecule is CN(Cc1nc2ccccc2[nH]1)C(=O)c1nn(Cc2ccccc2)c(=O)c2ccccc12. The van der Waals surface area contributed by atoms with Gasteiger partial charge in [0.2, 0.25) is 0 Å². The van der Waals surface area contributed by atoms with Crippen molar-refractivity contribution in [3.63, 3.8) is 0 Å². The van der Waals surface area contributed by atoms with E-state index in [2.05, 4.69) is 15.1 Å². The summed E-state index contributed by atoms with van der Waals surface area (Å²) in [5.41, 5.74) is 2.73. The van der Waals surface area contributed by atoms with Gasteiger partial charge < -0.3 is 9.88 Å². The maximum absolute atomic E-state index is 13.4. The molecule has 5 rings (SSSR count). The first-order valence-electron chi connectivity index (χ1n) is 10.3. The molecule has 2 aromatic heterocycles. The van der Waals surface area contributed by atoms with Crippen LogP contribution < -0.4 is 5.56 Å². The third-order valence-corrected chi connectivity index (χ3v) is 5.42. The summed E-state index contributed by atoms with van der Waals surface area (Å²) < 4.78 is 1.36. The van der Waals surface area contributed by atoms with Crippen molar-refractivity contribution in [1.29, 1.82) is 0 Å². The number of hydrogen-bond donors (Lipinski definition) is 1. The van der Waals surface area contributed by atoms with E-state index in [4.69, 9.17) is 0 Å². The van der Waals surface area contributed by atoms with Crippen molar-refractivity contribution in [1.82, 2.24) is 24.6 Å². The van der Waals surface area contributed by atoms with Crippen molar-refractivity contribution in [2.75, 3.05) is 7.05 Å². The lowest BCUT2D eigenvalue weighted by Crippen LogP contribution is -2.32. The molecule has 7 heteroatoms. The summed E-state index contributed by atoms with van der Waals surface area (Å²) >= 11 is 0. The van der Waals surface area contributed by atoms with Crippen LogP contribution in [0.3, 0.4) is 0 Å². The summed E-state index contributed by atoms with van der Waals surface area (Å²) in [4.78, 5) is 35.8. The fraction of sp³-hybridized carbons (Fsp3) is 0.120. The lowest BCUT2D eigenvalue weighted by Gasteiger charge is -2.17. The van der Waals surface area contributed by atoms with E-state index in [9.17, 15) is 9.59 Å². The molecule has 3 aromatic carbocycles. The number of carbonyl (C=O) groups excluding carboxylic acids is 1. The first-order valence-corrected chi connectivity index (χ1v) is 10.3. The maximum atomic E-state index is 13.4. The lowest BCUT2D eigenvalue weighted by molar-refractivity contribution is 0.0775. The Morgan fingerprint density at radius 3 is 2.41 bits per heavy atom. The van der Waals surface area contributed by atoms with Gasteiger partial charge in [0.25, 0.3) is 11.5 Å². The number of amides is 1. The van der Waals surface area contributed by atoms with Gasteiger partial charge in [-0.2, -0.15) is 5.10 Å². The normalized spacial score (nSPS) is 11.2. The molecule has 0 bridgehead atoms. The van der Waals surface area contributed by atoms with Crippen molar-refractivity contribution in [3.05, 3.63) is 106 Å². The molecule has 5 aromatic rings. The van der Waals surface area contributed by atoms with Crippen LogP contribution in [0.25, 0.3) is 21.8 Å². The van der Waals surface area contributed by atoms with E-state index < -0.39 is 0 Å². The molecule has 1 amide bonds. The Hall–Kier alpha value is -4.26. The van der Waals surface area contributed by atoms with E-state index in [1.807, 2.05) is 54.6 Å². The smallest absolute Gasteiger partial charge is 0.275 e. The van der Waals surface area contributed by atoms with Crippen LogP contribution in [0.15, 0.2) is 83.7 Å². The van der Waals surface area contributed by atoms with Crippen molar-refractivity contribution >= 4 is 27.7 Å². The molecule has 158 valence electrons. The molecule has 0 spiro atoms. The number of benzene rings is 3. The lowest BCUT2D eigenvalue weighted by atomic mass is 10.1. The zero-order chi connectivity index (χ0) is 22.1. The number of nitrogens with one attached hydrogen (secondary N) is 1. The number of fused-ring (bicyclic) bond motifs is 2. The van der Waals surface area contributed by atoms with Gasteiger partial charge >= 0.3 is 0 Å². The first-order chi connectivity index (χ1) is 15.6. The van der Waals surface area contributed by atoms with Gasteiger partial charge in [0, 0.05) is 12.4 Å². The van der Waals surface area contributed by atoms with Crippen molar-refractivity contribution < 1.29 is 4.79 Å². The fourth-order valence-electron chi connectivity index (χ4n) is 3.81. The third kappa shape index (κ3) is 3.65. The molecule has 0 radical (unpaired) electrons. The first kappa shape index (κ1) is 19.7. The van der Waals surface area contributed by atoms with E-state index in [-0.39, 0.29) is 23.7 Å². The van der Waals surface area contributed by atoms with Crippen LogP contribution in [0.2, 0.25) is 0 Å². The molecule has 0 aliphatic heterocycles. The minimum atomic E-state index is -0.275. The Labute approximate surface area is 183 Å². The average molecular weight is 423 g/mol. The number of aromatic amines is 1. The van der Waals surface area contributed by atoms with Crippen LogP contribution in [0.4, 0.5) is 0 Å². The van der Waals surface area contributed by atoms with Gasteiger partial charge in [0.05, 0.1) is 29.5 Å². The molecule has 0 fully saturated rings. The van der Waals surface area contributed by atoms with Gasteiger partial charge in [-0.15, -0.1) is 0 Å². The molecule has 0 saturated heterocycles. The topological polar surface area (TPSA) is 83.9 Å². The van der Waals surface area contributed by atoms with Crippen molar-refractivity contribution in [2.45, 2.75) is 13.1 Å². The Kier molecular flexibility index (Phi) is 4.99. The van der Waals surface area contributed by atoms with Crippen LogP contribution in [-0.2, 0) is 13.1 Å². The second-order valence-corrected chi connectivity index (χ2v) is 7.70. The molecule has 32 heavy (non-hydrogen) atoms. The highest BCUT2D eigenvalue weighted by Gasteiger charge is 2.21. The highest BCUT2D eigenvalue weighted by atomic mass is 16.2. The van der Waals surface area contributed by atoms with E-state index in [1.165, 1.54) is 4.68 Å². The highest BCUT2D eigenvalue weighted by molar-refractivity contribution is 6.04. The summed E-state index contributed by atoms with van der Waals surface area (Å²) in [6.45, 7) is 0.583. The molecule has 7 nitrogen and oxygen atoms in total. The Bertz CT molecular complexity index is 1450. The summed E-state index contributed by atoms with van der Waals surface area (Å²) in [6.07, 6.45) is 0. The summed E-state index contributed by atoms with van der Waals surface area (Å²) in [5, 5.41) is 5.50. The maximum Gasteiger partial charge on any atom is 0.275 e. The predicted molar refractivity (Wildman–Crippen MR) is 123 cm³/mol. The molecule has 0 atom stereocenters. The van der Waals surface area contributed by atoms with Gasteiger partial charge in [0.15, 0.2) is 5.69 Å². The van der Waals surface area contributed by atoms with Crippen LogP contribution in [-0.4, -0.2) is 37.6 Å². The molecule has 0 aliphatic carbocycles. The standard InChI is InChI=1S/C25H21N5O2/c1-29(16-22-26-20-13-7-8-14-21(20)27-22)25(32)23-18-11-5-6-12-19(18)24(31)30(28-23)15-17-9-3-2-4-10-17/h2-14H,15-16H2,1H3,(H,26,27). The summed E-state index contributed by atoms with van der Waals surface area (Å²) in [7, 11) is 1.71. The zero-order valence-corrected chi connectivity index (χ0v) is 17.5. The van der Waals surface area contributed by atoms with Gasteiger partial charge in [0.1, 0.15) is 5.82 Å². The Morgan fingerprint density at radius 1 is 0.938 bits per heavy atom. The van der Waals surface area contributed by atoms with Crippen LogP contribution in [0.1, 0.15) is 21.9 Å². The number of H-pyrrole nitrogens is 1. The number of aromatic nitrogens is 4. The van der Waals surface area contributed by atoms with Gasteiger partial charge in [-0.25, -0.2) is 9.67 Å². The van der Waals surface area contributed by atoms with Crippen LogP contribution >= 0.6 is 0 Å². The Morgan fingerprint density at radius 2 is 1.62 bits per heavy atom. The number of imidazole rings is 1. The molecule has 1 N–H and O–H groups in total. The molecule has 0 aliphatic rings. The van der Waals surface area contributed by atoms with E-state index >= 15 is 0 Å². The van der Waals surface area contributed by atoms with Crippen molar-refractivity contribution in [3.8, 4) is 0 Å². The fourth-order valence-corrected chi connectivity index (χ4v) is 3.81. The second kappa shape index (κ2) is 8.11. The van der Waals surface area contributed by atoms with Gasteiger partial charge in [-0.05, 0) is 23.8 Å². The molecular weight excluding hydrogens is 402 g/mol. The minimum absolute atomic E-state index is 0.221. The molecular formula is C25H21N5O2. The van der Waals surface area contributed by atoms with Crippen molar-refractivity contribution in [2.24, 2.45) is 0 Å². The molecule has 0 saturated carbocycles. The van der Waals surface area contributed by atoms with Gasteiger partial charge in [-0.3, -0.25) is 9.59 Å². The predicted octanol–water partition coefficient (Wildman–Crippen LogP) is 3.59. The average Bonchev–Trinajstić information content (AvgIpc) is 3.23. The second-order valence-electron chi connectivity index (χ2n) is 7.70. The summed E-state index contributed by atoms with van der Waals surface area (Å²) in [5.74, 6) is 0.410. The highest BCUT2D eigenvalue weighted by Crippen LogP contribution is 2.17. The van der Waals surface area contributed by atoms with Gasteiger partial charge in [-0.1, -0.05) is 60.7 Å². The Balaban J connectivity index is 1.52. The van der Waals surface area contributed by atoms with E-state index in [0.717, 1.165) is 16.6 Å². The number of rotatable bonds is 5. The number of hydrogen-bond acceptors (Lipinski definition) is 4. The number of nitrogens with zero attached hydrogens (tertiary/aromatic N) is 4.